The van der Waals surface area contributed by atoms with E-state index >= 15 is 0 Å². The zero-order chi connectivity index (χ0) is 30.2. The van der Waals surface area contributed by atoms with Gasteiger partial charge in [-0.15, -0.1) is 0 Å². The Bertz CT molecular complexity index is 1450. The summed E-state index contributed by atoms with van der Waals surface area (Å²) in [5, 5.41) is 3.65. The predicted molar refractivity (Wildman–Crippen MR) is 163 cm³/mol. The number of nitrogens with one attached hydrogen (secondary N) is 1. The van der Waals surface area contributed by atoms with Crippen molar-refractivity contribution in [1.29, 1.82) is 0 Å². The number of carbonyl (C=O) groups excluding carboxylic acids is 2. The molecule has 0 radical (unpaired) electrons. The number of carbonyl (C=O) groups is 2. The summed E-state index contributed by atoms with van der Waals surface area (Å²) in [5.74, 6) is -0.462. The molecule has 0 spiro atoms. The summed E-state index contributed by atoms with van der Waals surface area (Å²) < 4.78 is 34.7. The van der Waals surface area contributed by atoms with Crippen molar-refractivity contribution in [1.82, 2.24) is 10.2 Å². The number of amides is 2. The lowest BCUT2D eigenvalue weighted by atomic mass is 10.1. The number of benzene rings is 3. The number of para-hydroxylation sites is 2. The number of hydrogen-bond acceptors (Lipinski definition) is 5. The van der Waals surface area contributed by atoms with E-state index in [-0.39, 0.29) is 35.6 Å². The fourth-order valence-corrected chi connectivity index (χ4v) is 5.78. The van der Waals surface area contributed by atoms with Crippen LogP contribution in [-0.2, 0) is 26.2 Å². The van der Waals surface area contributed by atoms with Crippen LogP contribution in [0.5, 0.6) is 5.75 Å². The molecule has 0 fully saturated rings. The number of rotatable bonds is 13. The average molecular weight is 621 g/mol. The Labute approximate surface area is 252 Å². The van der Waals surface area contributed by atoms with Crippen molar-refractivity contribution < 1.29 is 22.7 Å². The molecule has 0 aliphatic heterocycles. The van der Waals surface area contributed by atoms with E-state index in [1.54, 1.807) is 62.4 Å². The van der Waals surface area contributed by atoms with Gasteiger partial charge in [0.15, 0.2) is 0 Å². The minimum atomic E-state index is -4.27. The summed E-state index contributed by atoms with van der Waals surface area (Å²) in [6.45, 7) is 7.43. The van der Waals surface area contributed by atoms with Gasteiger partial charge in [-0.25, -0.2) is 8.42 Å². The van der Waals surface area contributed by atoms with Crippen LogP contribution in [0.2, 0.25) is 10.0 Å². The first-order valence-electron chi connectivity index (χ1n) is 13.3. The number of sulfonamides is 1. The van der Waals surface area contributed by atoms with Crippen molar-refractivity contribution in [3.8, 4) is 5.75 Å². The van der Waals surface area contributed by atoms with Crippen LogP contribution in [0.25, 0.3) is 0 Å². The number of ether oxygens (including phenoxy) is 1. The molecule has 0 heterocycles. The standard InChI is InChI=1S/C30H35Cl2N3O5S/c1-5-40-28-13-9-8-12-27(28)35(41(38,39)25-16-14-24(31)15-17-25)20-29(36)34(19-23-10-6-7-11-26(23)32)22(4)30(37)33-18-21(2)3/h6-17,21-22H,5,18-20H2,1-4H3,(H,33,37)/t22-/m1/s1. The molecule has 1 N–H and O–H groups in total. The van der Waals surface area contributed by atoms with E-state index in [0.29, 0.717) is 27.9 Å². The first-order chi connectivity index (χ1) is 19.4. The normalized spacial score (nSPS) is 12.1. The highest BCUT2D eigenvalue weighted by atomic mass is 35.5. The van der Waals surface area contributed by atoms with Gasteiger partial charge in [-0.3, -0.25) is 13.9 Å². The van der Waals surface area contributed by atoms with Crippen LogP contribution >= 0.6 is 23.2 Å². The van der Waals surface area contributed by atoms with Crippen molar-refractivity contribution >= 4 is 50.7 Å². The average Bonchev–Trinajstić information content (AvgIpc) is 2.94. The maximum Gasteiger partial charge on any atom is 0.264 e. The highest BCUT2D eigenvalue weighted by Crippen LogP contribution is 2.33. The molecule has 3 aromatic carbocycles. The number of hydrogen-bond donors (Lipinski definition) is 1. The summed E-state index contributed by atoms with van der Waals surface area (Å²) in [4.78, 5) is 28.5. The lowest BCUT2D eigenvalue weighted by molar-refractivity contribution is -0.139. The first kappa shape index (κ1) is 32.2. The molecule has 0 aliphatic rings. The van der Waals surface area contributed by atoms with Gasteiger partial charge in [-0.1, -0.05) is 67.4 Å². The van der Waals surface area contributed by atoms with Crippen molar-refractivity contribution in [2.24, 2.45) is 5.92 Å². The maximum atomic E-state index is 14.1. The summed E-state index contributed by atoms with van der Waals surface area (Å²) in [6, 6.07) is 18.4. The third-order valence-corrected chi connectivity index (χ3v) is 8.66. The molecule has 2 amide bonds. The maximum absolute atomic E-state index is 14.1. The monoisotopic (exact) mass is 619 g/mol. The van der Waals surface area contributed by atoms with Crippen LogP contribution in [0, 0.1) is 5.92 Å². The first-order valence-corrected chi connectivity index (χ1v) is 15.5. The molecule has 220 valence electrons. The predicted octanol–water partition coefficient (Wildman–Crippen LogP) is 5.78. The summed E-state index contributed by atoms with van der Waals surface area (Å²) in [7, 11) is -4.27. The molecule has 8 nitrogen and oxygen atoms in total. The largest absolute Gasteiger partial charge is 0.492 e. The van der Waals surface area contributed by atoms with Crippen LogP contribution in [0.1, 0.15) is 33.3 Å². The molecule has 1 atom stereocenters. The van der Waals surface area contributed by atoms with Crippen LogP contribution in [-0.4, -0.2) is 50.9 Å². The SMILES string of the molecule is CCOc1ccccc1N(CC(=O)N(Cc1ccccc1Cl)[C@H](C)C(=O)NCC(C)C)S(=O)(=O)c1ccc(Cl)cc1. The summed E-state index contributed by atoms with van der Waals surface area (Å²) in [6.07, 6.45) is 0. The third kappa shape index (κ3) is 8.38. The number of halogens is 2. The van der Waals surface area contributed by atoms with E-state index in [1.165, 1.54) is 29.2 Å². The Morgan fingerprint density at radius 2 is 1.56 bits per heavy atom. The van der Waals surface area contributed by atoms with Crippen molar-refractivity contribution in [3.63, 3.8) is 0 Å². The van der Waals surface area contributed by atoms with E-state index in [0.717, 1.165) is 4.31 Å². The fourth-order valence-electron chi connectivity index (χ4n) is 4.03. The minimum Gasteiger partial charge on any atom is -0.492 e. The lowest BCUT2D eigenvalue weighted by Crippen LogP contribution is -2.51. The van der Waals surface area contributed by atoms with Gasteiger partial charge in [-0.2, -0.15) is 0 Å². The third-order valence-electron chi connectivity index (χ3n) is 6.26. The molecule has 0 saturated carbocycles. The van der Waals surface area contributed by atoms with E-state index in [2.05, 4.69) is 5.32 Å². The van der Waals surface area contributed by atoms with Gasteiger partial charge in [0.25, 0.3) is 10.0 Å². The van der Waals surface area contributed by atoms with Crippen LogP contribution < -0.4 is 14.4 Å². The molecule has 41 heavy (non-hydrogen) atoms. The van der Waals surface area contributed by atoms with Crippen LogP contribution in [0.15, 0.2) is 77.7 Å². The molecule has 0 bridgehead atoms. The van der Waals surface area contributed by atoms with E-state index in [4.69, 9.17) is 27.9 Å². The molecule has 3 rings (SSSR count). The molecule has 0 aromatic heterocycles. The number of nitrogens with zero attached hydrogens (tertiary/aromatic N) is 2. The number of anilines is 1. The Morgan fingerprint density at radius 1 is 0.927 bits per heavy atom. The van der Waals surface area contributed by atoms with Gasteiger partial charge in [0.2, 0.25) is 11.8 Å². The minimum absolute atomic E-state index is 0.00326. The fraction of sp³-hybridized carbons (Fsp3) is 0.333. The van der Waals surface area contributed by atoms with Crippen molar-refractivity contribution in [3.05, 3.63) is 88.4 Å². The second kappa shape index (κ2) is 14.6. The topological polar surface area (TPSA) is 96.0 Å². The Hall–Kier alpha value is -3.27. The van der Waals surface area contributed by atoms with Crippen LogP contribution in [0.3, 0.4) is 0 Å². The second-order valence-corrected chi connectivity index (χ2v) is 12.5. The highest BCUT2D eigenvalue weighted by Gasteiger charge is 2.34. The zero-order valence-corrected chi connectivity index (χ0v) is 25.8. The smallest absolute Gasteiger partial charge is 0.264 e. The molecule has 0 aliphatic carbocycles. The quantitative estimate of drug-likeness (QED) is 0.262. The van der Waals surface area contributed by atoms with Crippen LogP contribution in [0.4, 0.5) is 5.69 Å². The van der Waals surface area contributed by atoms with Gasteiger partial charge in [0, 0.05) is 23.1 Å². The molecular formula is C30H35Cl2N3O5S. The summed E-state index contributed by atoms with van der Waals surface area (Å²) >= 11 is 12.4. The van der Waals surface area contributed by atoms with E-state index in [9.17, 15) is 18.0 Å². The van der Waals surface area contributed by atoms with Gasteiger partial charge in [-0.05, 0) is 67.8 Å². The lowest BCUT2D eigenvalue weighted by Gasteiger charge is -2.32. The van der Waals surface area contributed by atoms with Gasteiger partial charge in [0.1, 0.15) is 18.3 Å². The molecule has 11 heteroatoms. The molecule has 3 aromatic rings. The second-order valence-electron chi connectivity index (χ2n) is 9.79. The zero-order valence-electron chi connectivity index (χ0n) is 23.5. The van der Waals surface area contributed by atoms with Gasteiger partial charge < -0.3 is 15.0 Å². The molecule has 0 unspecified atom stereocenters. The molecule has 0 saturated heterocycles. The Balaban J connectivity index is 2.07. The van der Waals surface area contributed by atoms with Gasteiger partial charge in [0.05, 0.1) is 17.2 Å². The van der Waals surface area contributed by atoms with E-state index in [1.807, 2.05) is 13.8 Å². The Morgan fingerprint density at radius 3 is 2.20 bits per heavy atom. The Kier molecular flexibility index (Phi) is 11.5. The van der Waals surface area contributed by atoms with Gasteiger partial charge >= 0.3 is 0 Å². The highest BCUT2D eigenvalue weighted by molar-refractivity contribution is 7.92. The van der Waals surface area contributed by atoms with Crippen molar-refractivity contribution in [2.75, 3.05) is 24.0 Å². The molecular weight excluding hydrogens is 585 g/mol. The van der Waals surface area contributed by atoms with E-state index < -0.39 is 28.5 Å². The van der Waals surface area contributed by atoms with Crippen molar-refractivity contribution in [2.45, 2.75) is 45.2 Å². The summed E-state index contributed by atoms with van der Waals surface area (Å²) in [5.41, 5.74) is 0.806.